The van der Waals surface area contributed by atoms with E-state index in [4.69, 9.17) is 0 Å². The number of thiazole rings is 2. The highest BCUT2D eigenvalue weighted by atomic mass is 32.1. The SMILES string of the molecule is Cc1c(C(=O)Nc2ccccc2-c2csc(-c3ccccc3F)n2)sc2nc(-c3cccc([N+](=O)[O-])c3)cn12. The van der Waals surface area contributed by atoms with Gasteiger partial charge in [0.25, 0.3) is 11.6 Å². The number of halogens is 1. The highest BCUT2D eigenvalue weighted by molar-refractivity contribution is 7.19. The maximum absolute atomic E-state index is 14.3. The van der Waals surface area contributed by atoms with Gasteiger partial charge in [-0.25, -0.2) is 14.4 Å². The second-order valence-electron chi connectivity index (χ2n) is 8.62. The zero-order chi connectivity index (χ0) is 27.1. The van der Waals surface area contributed by atoms with E-state index in [-0.39, 0.29) is 17.4 Å². The van der Waals surface area contributed by atoms with E-state index in [0.717, 1.165) is 5.56 Å². The Balaban J connectivity index is 1.28. The van der Waals surface area contributed by atoms with Gasteiger partial charge in [-0.2, -0.15) is 0 Å². The van der Waals surface area contributed by atoms with E-state index in [0.29, 0.717) is 48.7 Å². The van der Waals surface area contributed by atoms with E-state index in [1.807, 2.05) is 30.5 Å². The molecule has 0 atom stereocenters. The van der Waals surface area contributed by atoms with Crippen molar-refractivity contribution >= 4 is 44.9 Å². The van der Waals surface area contributed by atoms with Crippen molar-refractivity contribution in [1.82, 2.24) is 14.4 Å². The molecule has 0 aliphatic heterocycles. The Labute approximate surface area is 229 Å². The molecule has 0 saturated carbocycles. The Morgan fingerprint density at radius 1 is 1.00 bits per heavy atom. The molecule has 8 nitrogen and oxygen atoms in total. The summed E-state index contributed by atoms with van der Waals surface area (Å²) in [5.41, 5.74) is 4.25. The minimum atomic E-state index is -0.445. The molecule has 6 rings (SSSR count). The van der Waals surface area contributed by atoms with Crippen LogP contribution in [0.25, 0.3) is 38.0 Å². The van der Waals surface area contributed by atoms with Crippen molar-refractivity contribution in [3.05, 3.63) is 111 Å². The molecule has 6 aromatic rings. The fraction of sp³-hybridized carbons (Fsp3) is 0.0357. The van der Waals surface area contributed by atoms with Gasteiger partial charge in [0, 0.05) is 46.1 Å². The Morgan fingerprint density at radius 3 is 2.54 bits per heavy atom. The van der Waals surface area contributed by atoms with Gasteiger partial charge < -0.3 is 5.32 Å². The molecule has 39 heavy (non-hydrogen) atoms. The third-order valence-corrected chi connectivity index (χ3v) is 8.21. The first kappa shape index (κ1) is 24.6. The number of aromatic nitrogens is 3. The van der Waals surface area contributed by atoms with Gasteiger partial charge in [0.2, 0.25) is 0 Å². The summed E-state index contributed by atoms with van der Waals surface area (Å²) < 4.78 is 16.1. The molecule has 3 aromatic heterocycles. The topological polar surface area (TPSA) is 102 Å². The molecule has 3 aromatic carbocycles. The fourth-order valence-electron chi connectivity index (χ4n) is 4.23. The fourth-order valence-corrected chi connectivity index (χ4v) is 6.08. The number of non-ortho nitro benzene ring substituents is 1. The summed E-state index contributed by atoms with van der Waals surface area (Å²) in [4.78, 5) is 34.4. The minimum Gasteiger partial charge on any atom is -0.321 e. The summed E-state index contributed by atoms with van der Waals surface area (Å²) in [6, 6.07) is 20.1. The van der Waals surface area contributed by atoms with Crippen LogP contribution in [0.15, 0.2) is 84.4 Å². The lowest BCUT2D eigenvalue weighted by Gasteiger charge is -2.09. The van der Waals surface area contributed by atoms with Gasteiger partial charge in [-0.1, -0.05) is 53.8 Å². The van der Waals surface area contributed by atoms with Crippen LogP contribution in [0.3, 0.4) is 0 Å². The lowest BCUT2D eigenvalue weighted by atomic mass is 10.1. The Bertz CT molecular complexity index is 1890. The van der Waals surface area contributed by atoms with Crippen molar-refractivity contribution in [3.63, 3.8) is 0 Å². The average Bonchev–Trinajstić information content (AvgIpc) is 3.66. The largest absolute Gasteiger partial charge is 0.321 e. The molecule has 1 amide bonds. The van der Waals surface area contributed by atoms with E-state index in [1.54, 1.807) is 47.0 Å². The summed E-state index contributed by atoms with van der Waals surface area (Å²) >= 11 is 2.57. The number of nitrogens with zero attached hydrogens (tertiary/aromatic N) is 4. The highest BCUT2D eigenvalue weighted by Crippen LogP contribution is 2.35. The van der Waals surface area contributed by atoms with Crippen molar-refractivity contribution < 1.29 is 14.1 Å². The maximum Gasteiger partial charge on any atom is 0.270 e. The van der Waals surface area contributed by atoms with Crippen LogP contribution >= 0.6 is 22.7 Å². The molecule has 0 spiro atoms. The number of rotatable bonds is 6. The molecule has 0 unspecified atom stereocenters. The summed E-state index contributed by atoms with van der Waals surface area (Å²) in [6.07, 6.45) is 1.77. The number of para-hydroxylation sites is 1. The summed E-state index contributed by atoms with van der Waals surface area (Å²) in [5, 5.41) is 16.5. The number of hydrogen-bond acceptors (Lipinski definition) is 7. The highest BCUT2D eigenvalue weighted by Gasteiger charge is 2.21. The molecule has 0 radical (unpaired) electrons. The van der Waals surface area contributed by atoms with Crippen molar-refractivity contribution in [3.8, 4) is 33.1 Å². The molecule has 0 fully saturated rings. The number of hydrogen-bond donors (Lipinski definition) is 1. The number of imidazole rings is 1. The Hall–Kier alpha value is -4.74. The number of benzene rings is 3. The van der Waals surface area contributed by atoms with Crippen LogP contribution < -0.4 is 5.32 Å². The van der Waals surface area contributed by atoms with Crippen molar-refractivity contribution in [2.24, 2.45) is 0 Å². The molecule has 0 aliphatic carbocycles. The van der Waals surface area contributed by atoms with Crippen molar-refractivity contribution in [2.75, 3.05) is 5.32 Å². The van der Waals surface area contributed by atoms with Crippen LogP contribution in [-0.2, 0) is 0 Å². The number of nitro benzene ring substituents is 1. The quantitative estimate of drug-likeness (QED) is 0.170. The average molecular weight is 556 g/mol. The third kappa shape index (κ3) is 4.58. The van der Waals surface area contributed by atoms with Crippen LogP contribution in [0, 0.1) is 22.9 Å². The summed E-state index contributed by atoms with van der Waals surface area (Å²) in [6.45, 7) is 1.82. The van der Waals surface area contributed by atoms with Gasteiger partial charge in [-0.15, -0.1) is 11.3 Å². The predicted octanol–water partition coefficient (Wildman–Crippen LogP) is 7.46. The lowest BCUT2D eigenvalue weighted by Crippen LogP contribution is -2.12. The maximum atomic E-state index is 14.3. The normalized spacial score (nSPS) is 11.1. The Morgan fingerprint density at radius 2 is 1.77 bits per heavy atom. The molecular weight excluding hydrogens is 537 g/mol. The number of nitro groups is 1. The molecular formula is C28H18FN5O3S2. The molecule has 11 heteroatoms. The number of carbonyl (C=O) groups excluding carboxylic acids is 1. The van der Waals surface area contributed by atoms with E-state index in [2.05, 4.69) is 15.3 Å². The smallest absolute Gasteiger partial charge is 0.270 e. The first-order chi connectivity index (χ1) is 18.9. The number of fused-ring (bicyclic) bond motifs is 1. The monoisotopic (exact) mass is 555 g/mol. The lowest BCUT2D eigenvalue weighted by molar-refractivity contribution is -0.384. The molecule has 0 saturated heterocycles. The van der Waals surface area contributed by atoms with Gasteiger partial charge >= 0.3 is 0 Å². The number of aryl methyl sites for hydroxylation is 1. The number of carbonyl (C=O) groups is 1. The van der Waals surface area contributed by atoms with Crippen LogP contribution in [0.2, 0.25) is 0 Å². The van der Waals surface area contributed by atoms with E-state index in [9.17, 15) is 19.3 Å². The standard InChI is InChI=1S/C28H18FN5O3S2/c1-16-25(39-28-32-23(14-33(16)28)17-7-6-8-18(13-17)34(36)37)26(35)30-22-12-5-3-10-20(22)24-15-38-27(31-24)19-9-2-4-11-21(19)29/h2-15H,1H3,(H,30,35). The van der Waals surface area contributed by atoms with Crippen LogP contribution in [0.4, 0.5) is 15.8 Å². The first-order valence-electron chi connectivity index (χ1n) is 11.7. The van der Waals surface area contributed by atoms with Gasteiger partial charge in [0.1, 0.15) is 15.7 Å². The van der Waals surface area contributed by atoms with Crippen LogP contribution in [0.1, 0.15) is 15.4 Å². The van der Waals surface area contributed by atoms with Gasteiger partial charge in [0.05, 0.1) is 22.0 Å². The molecule has 0 bridgehead atoms. The van der Waals surface area contributed by atoms with Crippen molar-refractivity contribution in [2.45, 2.75) is 6.92 Å². The molecule has 192 valence electrons. The third-order valence-electron chi connectivity index (χ3n) is 6.18. The van der Waals surface area contributed by atoms with E-state index < -0.39 is 4.92 Å². The zero-order valence-electron chi connectivity index (χ0n) is 20.3. The summed E-state index contributed by atoms with van der Waals surface area (Å²) in [5.74, 6) is -0.635. The zero-order valence-corrected chi connectivity index (χ0v) is 21.9. The van der Waals surface area contributed by atoms with Crippen LogP contribution in [-0.4, -0.2) is 25.2 Å². The number of nitrogens with one attached hydrogen (secondary N) is 1. The Kier molecular flexibility index (Phi) is 6.21. The number of amides is 1. The second kappa shape index (κ2) is 9.86. The van der Waals surface area contributed by atoms with E-state index in [1.165, 1.54) is 40.9 Å². The van der Waals surface area contributed by atoms with Crippen molar-refractivity contribution in [1.29, 1.82) is 0 Å². The molecule has 0 aliphatic rings. The van der Waals surface area contributed by atoms with Gasteiger partial charge in [-0.05, 0) is 25.1 Å². The number of anilines is 1. The second-order valence-corrected chi connectivity index (χ2v) is 10.5. The van der Waals surface area contributed by atoms with Gasteiger partial charge in [0.15, 0.2) is 4.96 Å². The predicted molar refractivity (Wildman–Crippen MR) is 151 cm³/mol. The molecule has 3 heterocycles. The minimum absolute atomic E-state index is 0.0135. The molecule has 1 N–H and O–H groups in total. The first-order valence-corrected chi connectivity index (χ1v) is 13.4. The van der Waals surface area contributed by atoms with Crippen LogP contribution in [0.5, 0.6) is 0 Å². The van der Waals surface area contributed by atoms with Gasteiger partial charge in [-0.3, -0.25) is 19.3 Å². The van der Waals surface area contributed by atoms with E-state index >= 15 is 0 Å². The summed E-state index contributed by atoms with van der Waals surface area (Å²) in [7, 11) is 0.